The Hall–Kier alpha value is -1.96. The minimum absolute atomic E-state index is 0.432. The molecule has 108 valence electrons. The van der Waals surface area contributed by atoms with E-state index in [-0.39, 0.29) is 0 Å². The van der Waals surface area contributed by atoms with Crippen LogP contribution in [0.1, 0.15) is 30.1 Å². The molecule has 0 amide bonds. The van der Waals surface area contributed by atoms with Gasteiger partial charge in [0.15, 0.2) is 0 Å². The molecule has 1 aliphatic heterocycles. The Balaban J connectivity index is 1.51. The quantitative estimate of drug-likeness (QED) is 0.852. The van der Waals surface area contributed by atoms with E-state index in [1.807, 2.05) is 6.20 Å². The van der Waals surface area contributed by atoms with Crippen molar-refractivity contribution in [1.82, 2.24) is 30.6 Å². The molecule has 0 saturated carbocycles. The van der Waals surface area contributed by atoms with Gasteiger partial charge in [0.1, 0.15) is 12.3 Å². The third-order valence-electron chi connectivity index (χ3n) is 3.44. The van der Waals surface area contributed by atoms with Crippen LogP contribution in [-0.2, 0) is 6.54 Å². The number of rotatable bonds is 5. The van der Waals surface area contributed by atoms with Crippen LogP contribution in [0.5, 0.6) is 5.88 Å². The van der Waals surface area contributed by atoms with E-state index in [0.29, 0.717) is 30.6 Å². The van der Waals surface area contributed by atoms with Gasteiger partial charge in [-0.15, -0.1) is 5.10 Å². The molecule has 0 spiro atoms. The fourth-order valence-electron chi connectivity index (χ4n) is 2.30. The molecule has 3 heterocycles. The normalized spacial score (nSPS) is 19.1. The van der Waals surface area contributed by atoms with Gasteiger partial charge in [-0.25, -0.2) is 9.31 Å². The zero-order valence-electron chi connectivity index (χ0n) is 11.4. The second-order valence-electron chi connectivity index (χ2n) is 4.95. The Labute approximate surface area is 116 Å². The van der Waals surface area contributed by atoms with E-state index in [4.69, 9.17) is 4.74 Å². The average Bonchev–Trinajstić information content (AvgIpc) is 3.10. The van der Waals surface area contributed by atoms with Gasteiger partial charge in [-0.3, -0.25) is 0 Å². The lowest BCUT2D eigenvalue weighted by Crippen LogP contribution is -2.28. The van der Waals surface area contributed by atoms with Crippen molar-refractivity contribution in [3.05, 3.63) is 17.6 Å². The van der Waals surface area contributed by atoms with E-state index < -0.39 is 0 Å². The van der Waals surface area contributed by atoms with Crippen molar-refractivity contribution in [3.63, 3.8) is 0 Å². The van der Waals surface area contributed by atoms with Crippen molar-refractivity contribution < 1.29 is 9.37 Å². The summed E-state index contributed by atoms with van der Waals surface area (Å²) >= 11 is 0. The first-order valence-corrected chi connectivity index (χ1v) is 6.85. The lowest BCUT2D eigenvalue weighted by molar-refractivity contribution is 0.244. The van der Waals surface area contributed by atoms with Crippen LogP contribution in [-0.4, -0.2) is 45.0 Å². The fourth-order valence-corrected chi connectivity index (χ4v) is 2.30. The maximum absolute atomic E-state index is 5.47. The molecule has 1 atom stereocenters. The standard InChI is InChI=1S/C12H18N6O2/c1-9-12(16-20-15-9)19-6-5-18-8-11(14-17-18)10-3-2-4-13-7-10/h8,10,13H,2-7H2,1H3/t10-/m1/s1. The molecule has 0 aliphatic carbocycles. The highest BCUT2D eigenvalue weighted by atomic mass is 16.6. The third-order valence-corrected chi connectivity index (χ3v) is 3.44. The molecule has 8 heteroatoms. The van der Waals surface area contributed by atoms with Gasteiger partial charge in [0, 0.05) is 18.7 Å². The molecule has 8 nitrogen and oxygen atoms in total. The van der Waals surface area contributed by atoms with Crippen LogP contribution in [0.25, 0.3) is 0 Å². The highest BCUT2D eigenvalue weighted by molar-refractivity contribution is 5.11. The Morgan fingerprint density at radius 1 is 1.50 bits per heavy atom. The second-order valence-corrected chi connectivity index (χ2v) is 4.95. The summed E-state index contributed by atoms with van der Waals surface area (Å²) in [4.78, 5) is 0. The zero-order valence-corrected chi connectivity index (χ0v) is 11.4. The largest absolute Gasteiger partial charge is 0.472 e. The van der Waals surface area contributed by atoms with Crippen molar-refractivity contribution in [2.24, 2.45) is 0 Å². The molecular formula is C12H18N6O2. The molecule has 3 rings (SSSR count). The van der Waals surface area contributed by atoms with Gasteiger partial charge in [0.25, 0.3) is 5.88 Å². The maximum Gasteiger partial charge on any atom is 0.278 e. The summed E-state index contributed by atoms with van der Waals surface area (Å²) in [5.74, 6) is 0.905. The maximum atomic E-state index is 5.47. The van der Waals surface area contributed by atoms with Gasteiger partial charge < -0.3 is 10.1 Å². The molecule has 0 radical (unpaired) electrons. The number of ether oxygens (including phenoxy) is 1. The predicted molar refractivity (Wildman–Crippen MR) is 69.4 cm³/mol. The Bertz CT molecular complexity index is 546. The van der Waals surface area contributed by atoms with Crippen LogP contribution in [0.2, 0.25) is 0 Å². The summed E-state index contributed by atoms with van der Waals surface area (Å²) in [6.07, 6.45) is 4.36. The topological polar surface area (TPSA) is 90.9 Å². The average molecular weight is 278 g/mol. The molecular weight excluding hydrogens is 260 g/mol. The third kappa shape index (κ3) is 2.96. The van der Waals surface area contributed by atoms with E-state index in [9.17, 15) is 0 Å². The van der Waals surface area contributed by atoms with Crippen molar-refractivity contribution in [2.75, 3.05) is 19.7 Å². The van der Waals surface area contributed by atoms with Gasteiger partial charge in [-0.05, 0) is 31.5 Å². The molecule has 1 saturated heterocycles. The van der Waals surface area contributed by atoms with Crippen LogP contribution in [0, 0.1) is 6.92 Å². The van der Waals surface area contributed by atoms with Crippen LogP contribution >= 0.6 is 0 Å². The number of nitrogens with one attached hydrogen (secondary N) is 1. The number of hydrogen-bond acceptors (Lipinski definition) is 7. The molecule has 0 bridgehead atoms. The summed E-state index contributed by atoms with van der Waals surface area (Å²) in [6, 6.07) is 0. The molecule has 1 fully saturated rings. The number of piperidine rings is 1. The molecule has 0 aromatic carbocycles. The first-order valence-electron chi connectivity index (χ1n) is 6.85. The minimum Gasteiger partial charge on any atom is -0.472 e. The lowest BCUT2D eigenvalue weighted by Gasteiger charge is -2.20. The monoisotopic (exact) mass is 278 g/mol. The molecule has 0 unspecified atom stereocenters. The van der Waals surface area contributed by atoms with Crippen LogP contribution in [0.15, 0.2) is 10.8 Å². The van der Waals surface area contributed by atoms with Crippen LogP contribution < -0.4 is 10.1 Å². The van der Waals surface area contributed by atoms with E-state index >= 15 is 0 Å². The van der Waals surface area contributed by atoms with Crippen LogP contribution in [0.3, 0.4) is 0 Å². The molecule has 2 aromatic heterocycles. The lowest BCUT2D eigenvalue weighted by atomic mass is 9.97. The number of aryl methyl sites for hydroxylation is 1. The molecule has 1 aliphatic rings. The van der Waals surface area contributed by atoms with E-state index in [1.165, 1.54) is 12.8 Å². The first kappa shape index (κ1) is 13.0. The SMILES string of the molecule is Cc1nonc1OCCn1cc([C@@H]2CCCNC2)nn1. The predicted octanol–water partition coefficient (Wildman–Crippen LogP) is 0.516. The smallest absolute Gasteiger partial charge is 0.278 e. The van der Waals surface area contributed by atoms with Gasteiger partial charge in [0.05, 0.1) is 12.2 Å². The summed E-state index contributed by atoms with van der Waals surface area (Å²) < 4.78 is 11.8. The highest BCUT2D eigenvalue weighted by Crippen LogP contribution is 2.20. The summed E-state index contributed by atoms with van der Waals surface area (Å²) in [5, 5.41) is 19.1. The van der Waals surface area contributed by atoms with Gasteiger partial charge in [0.2, 0.25) is 0 Å². The molecule has 2 aromatic rings. The zero-order chi connectivity index (χ0) is 13.8. The van der Waals surface area contributed by atoms with Crippen molar-refractivity contribution in [2.45, 2.75) is 32.2 Å². The van der Waals surface area contributed by atoms with Gasteiger partial charge in [-0.1, -0.05) is 10.4 Å². The van der Waals surface area contributed by atoms with Crippen molar-refractivity contribution in [3.8, 4) is 5.88 Å². The fraction of sp³-hybridized carbons (Fsp3) is 0.667. The van der Waals surface area contributed by atoms with Gasteiger partial charge >= 0.3 is 0 Å². The first-order chi connectivity index (χ1) is 9.83. The van der Waals surface area contributed by atoms with E-state index in [2.05, 4.69) is 30.6 Å². The van der Waals surface area contributed by atoms with E-state index in [1.54, 1.807) is 11.6 Å². The summed E-state index contributed by atoms with van der Waals surface area (Å²) in [6.45, 7) is 4.96. The van der Waals surface area contributed by atoms with Crippen molar-refractivity contribution >= 4 is 0 Å². The summed E-state index contributed by atoms with van der Waals surface area (Å²) in [5.41, 5.74) is 1.70. The van der Waals surface area contributed by atoms with Crippen molar-refractivity contribution in [1.29, 1.82) is 0 Å². The molecule has 1 N–H and O–H groups in total. The second kappa shape index (κ2) is 6.00. The number of aromatic nitrogens is 5. The number of hydrogen-bond donors (Lipinski definition) is 1. The number of nitrogens with zero attached hydrogens (tertiary/aromatic N) is 5. The summed E-state index contributed by atoms with van der Waals surface area (Å²) in [7, 11) is 0. The van der Waals surface area contributed by atoms with E-state index in [0.717, 1.165) is 18.8 Å². The van der Waals surface area contributed by atoms with Crippen LogP contribution in [0.4, 0.5) is 0 Å². The van der Waals surface area contributed by atoms with Gasteiger partial charge in [-0.2, -0.15) is 0 Å². The molecule has 20 heavy (non-hydrogen) atoms. The minimum atomic E-state index is 0.432. The Morgan fingerprint density at radius 2 is 2.45 bits per heavy atom. The Morgan fingerprint density at radius 3 is 3.20 bits per heavy atom. The Kier molecular flexibility index (Phi) is 3.91. The highest BCUT2D eigenvalue weighted by Gasteiger charge is 2.18.